The third kappa shape index (κ3) is 6.32. The summed E-state index contributed by atoms with van der Waals surface area (Å²) in [4.78, 5) is 55.6. The molecule has 5 aliphatic rings. The third-order valence-corrected chi connectivity index (χ3v) is 10.9. The van der Waals surface area contributed by atoms with Crippen molar-refractivity contribution in [3.05, 3.63) is 23.8 Å². The number of allylic oxidation sites excluding steroid dienone is 4. The van der Waals surface area contributed by atoms with Crippen molar-refractivity contribution in [2.24, 2.45) is 34.3 Å². The predicted octanol–water partition coefficient (Wildman–Crippen LogP) is 1.88. The van der Waals surface area contributed by atoms with Crippen LogP contribution in [0.15, 0.2) is 23.8 Å². The van der Waals surface area contributed by atoms with Gasteiger partial charge in [-0.3, -0.25) is 34.4 Å². The Morgan fingerprint density at radius 1 is 1.13 bits per heavy atom. The van der Waals surface area contributed by atoms with Gasteiger partial charge in [-0.1, -0.05) is 19.9 Å². The van der Waals surface area contributed by atoms with Crippen LogP contribution in [0.5, 0.6) is 0 Å². The summed E-state index contributed by atoms with van der Waals surface area (Å²) in [7, 11) is 0. The lowest BCUT2D eigenvalue weighted by molar-refractivity contribution is -0.492. The molecular formula is C32H45FN2O12. The summed E-state index contributed by atoms with van der Waals surface area (Å²) in [5, 5.41) is 28.3. The average Bonchev–Trinajstić information content (AvgIpc) is 3.39. The largest absolute Gasteiger partial charge is 0.465 e. The Labute approximate surface area is 271 Å². The van der Waals surface area contributed by atoms with E-state index in [1.54, 1.807) is 19.9 Å². The molecule has 0 aromatic heterocycles. The summed E-state index contributed by atoms with van der Waals surface area (Å²) in [6.45, 7) is 6.29. The number of carbonyl (C=O) groups is 4. The molecule has 262 valence electrons. The Morgan fingerprint density at radius 3 is 2.53 bits per heavy atom. The van der Waals surface area contributed by atoms with Crippen LogP contribution in [0.2, 0.25) is 0 Å². The van der Waals surface area contributed by atoms with Crippen LogP contribution in [0.3, 0.4) is 0 Å². The molecule has 10 atom stereocenters. The lowest BCUT2D eigenvalue weighted by atomic mass is 9.46. The summed E-state index contributed by atoms with van der Waals surface area (Å²) in [5.74, 6) is -4.84. The zero-order valence-corrected chi connectivity index (χ0v) is 27.1. The molecule has 14 nitrogen and oxygen atoms in total. The van der Waals surface area contributed by atoms with Gasteiger partial charge in [-0.15, -0.1) is 0 Å². The number of hydrogen-bond donors (Lipinski definition) is 4. The van der Waals surface area contributed by atoms with E-state index in [2.05, 4.69) is 4.84 Å². The minimum absolute atomic E-state index is 0.0290. The van der Waals surface area contributed by atoms with Gasteiger partial charge < -0.3 is 29.8 Å². The minimum Gasteiger partial charge on any atom is -0.465 e. The molecule has 5 rings (SSSR count). The summed E-state index contributed by atoms with van der Waals surface area (Å²) in [5.41, 5.74) is 2.69. The number of carbonyl (C=O) groups excluding carboxylic acids is 4. The number of nitrogens with zero attached hydrogens (tertiary/aromatic N) is 1. The number of halogens is 1. The summed E-state index contributed by atoms with van der Waals surface area (Å²) in [6, 6.07) is -1.35. The Bertz CT molecular complexity index is 1340. The van der Waals surface area contributed by atoms with E-state index < -0.39 is 88.7 Å². The molecule has 3 saturated carbocycles. The Hall–Kier alpha value is -2.63. The Balaban J connectivity index is 1.27. The first kappa shape index (κ1) is 35.7. The maximum atomic E-state index is 15.8. The predicted molar refractivity (Wildman–Crippen MR) is 157 cm³/mol. The Kier molecular flexibility index (Phi) is 9.87. The van der Waals surface area contributed by atoms with Gasteiger partial charge in [0.2, 0.25) is 5.78 Å². The van der Waals surface area contributed by atoms with Crippen LogP contribution < -0.4 is 5.73 Å². The number of rotatable bonds is 12. The fourth-order valence-corrected chi connectivity index (χ4v) is 9.14. The maximum absolute atomic E-state index is 15.8. The van der Waals surface area contributed by atoms with Gasteiger partial charge in [0.05, 0.1) is 37.2 Å². The second kappa shape index (κ2) is 13.0. The topological polar surface area (TPSA) is 204 Å². The molecule has 0 aromatic rings. The monoisotopic (exact) mass is 668 g/mol. The van der Waals surface area contributed by atoms with Crippen molar-refractivity contribution >= 4 is 23.5 Å². The molecule has 0 spiro atoms. The van der Waals surface area contributed by atoms with Gasteiger partial charge in [-0.05, 0) is 75.5 Å². The van der Waals surface area contributed by atoms with Gasteiger partial charge >= 0.3 is 11.9 Å². The Morgan fingerprint density at radius 2 is 1.83 bits per heavy atom. The van der Waals surface area contributed by atoms with Crippen molar-refractivity contribution in [3.63, 3.8) is 0 Å². The highest BCUT2D eigenvalue weighted by molar-refractivity contribution is 6.01. The van der Waals surface area contributed by atoms with Gasteiger partial charge in [0.1, 0.15) is 12.2 Å². The fraction of sp³-hybridized carbons (Fsp3) is 0.750. The summed E-state index contributed by atoms with van der Waals surface area (Å²) in [6.07, 6.45) is 2.04. The lowest BCUT2D eigenvalue weighted by Crippen LogP contribution is -2.64. The van der Waals surface area contributed by atoms with E-state index in [0.29, 0.717) is 24.8 Å². The van der Waals surface area contributed by atoms with Crippen molar-refractivity contribution < 1.29 is 62.9 Å². The van der Waals surface area contributed by atoms with E-state index in [-0.39, 0.29) is 43.7 Å². The number of hydrogen-bond acceptors (Lipinski definition) is 14. The number of fused-ring (bicyclic) bond motifs is 7. The van der Waals surface area contributed by atoms with Crippen LogP contribution in [0, 0.1) is 28.6 Å². The molecule has 4 fully saturated rings. The number of unbranched alkanes of at least 4 members (excludes halogenated alkanes) is 1. The highest BCUT2D eigenvalue weighted by atomic mass is 19.1. The van der Waals surface area contributed by atoms with Crippen LogP contribution in [0.25, 0.3) is 0 Å². The second-order valence-corrected chi connectivity index (χ2v) is 14.2. The SMILES string of the molecule is CC1(C)O[C@@H]2CC3[C@@H]4CC(F)C5=CC(=O)C=C[C@]5(C)C4[C@@H](O)C[C@]3(C)[C@]2(C(=O)COC(=O)CC(N)C(=O)OCCCCON(O)O)O1. The number of ketones is 2. The molecule has 0 aromatic carbocycles. The van der Waals surface area contributed by atoms with Gasteiger partial charge in [0.25, 0.3) is 0 Å². The number of aliphatic hydroxyl groups excluding tert-OH is 1. The number of aliphatic hydroxyl groups is 1. The highest BCUT2D eigenvalue weighted by Gasteiger charge is 2.77. The molecule has 0 radical (unpaired) electrons. The quantitative estimate of drug-likeness (QED) is 0.133. The van der Waals surface area contributed by atoms with E-state index in [0.717, 1.165) is 0 Å². The van der Waals surface area contributed by atoms with E-state index >= 15 is 4.39 Å². The molecule has 1 saturated heterocycles. The smallest absolute Gasteiger partial charge is 0.323 e. The highest BCUT2D eigenvalue weighted by Crippen LogP contribution is 2.70. The average molecular weight is 669 g/mol. The van der Waals surface area contributed by atoms with Crippen molar-refractivity contribution in [2.45, 2.75) is 102 Å². The minimum atomic E-state index is -1.61. The molecule has 1 heterocycles. The number of nitrogens with two attached hydrogens (primary N) is 1. The third-order valence-electron chi connectivity index (χ3n) is 10.9. The van der Waals surface area contributed by atoms with Crippen molar-refractivity contribution in [1.82, 2.24) is 5.39 Å². The van der Waals surface area contributed by atoms with Crippen molar-refractivity contribution in [2.75, 3.05) is 19.8 Å². The van der Waals surface area contributed by atoms with Gasteiger partial charge in [0, 0.05) is 16.7 Å². The van der Waals surface area contributed by atoms with Crippen LogP contribution in [-0.2, 0) is 43.0 Å². The molecule has 15 heteroatoms. The molecule has 1 aliphatic heterocycles. The number of ether oxygens (including phenoxy) is 4. The number of alkyl halides is 1. The normalized spacial score (nSPS) is 38.9. The molecule has 47 heavy (non-hydrogen) atoms. The molecule has 5 N–H and O–H groups in total. The number of Topliss-reactive ketones (excluding diaryl/α,β-unsaturated/α-hetero) is 1. The maximum Gasteiger partial charge on any atom is 0.323 e. The van der Waals surface area contributed by atoms with Gasteiger partial charge in [-0.25, -0.2) is 4.39 Å². The van der Waals surface area contributed by atoms with Gasteiger partial charge in [-0.2, -0.15) is 0 Å². The van der Waals surface area contributed by atoms with Crippen molar-refractivity contribution in [1.29, 1.82) is 0 Å². The van der Waals surface area contributed by atoms with Crippen LogP contribution in [0.4, 0.5) is 4.39 Å². The number of esters is 2. The first-order valence-electron chi connectivity index (χ1n) is 16.0. The second-order valence-electron chi connectivity index (χ2n) is 14.2. The van der Waals surface area contributed by atoms with E-state index in [9.17, 15) is 24.3 Å². The van der Waals surface area contributed by atoms with Crippen LogP contribution in [-0.4, -0.2) is 100 Å². The summed E-state index contributed by atoms with van der Waals surface area (Å²) >= 11 is 0. The van der Waals surface area contributed by atoms with Crippen LogP contribution in [0.1, 0.15) is 66.2 Å². The fourth-order valence-electron chi connectivity index (χ4n) is 9.14. The van der Waals surface area contributed by atoms with E-state index in [4.69, 9.17) is 35.1 Å². The molecule has 4 unspecified atom stereocenters. The van der Waals surface area contributed by atoms with Gasteiger partial charge in [0.15, 0.2) is 23.8 Å². The van der Waals surface area contributed by atoms with Crippen LogP contribution >= 0.6 is 0 Å². The lowest BCUT2D eigenvalue weighted by Gasteiger charge is -2.60. The molecule has 0 bridgehead atoms. The van der Waals surface area contributed by atoms with E-state index in [1.165, 1.54) is 12.2 Å². The first-order chi connectivity index (χ1) is 21.9. The molecule has 4 aliphatic carbocycles. The van der Waals surface area contributed by atoms with E-state index in [1.807, 2.05) is 13.8 Å². The molecule has 0 amide bonds. The first-order valence-corrected chi connectivity index (χ1v) is 16.0. The van der Waals surface area contributed by atoms with Crippen molar-refractivity contribution in [3.8, 4) is 0 Å². The molecular weight excluding hydrogens is 623 g/mol. The summed E-state index contributed by atoms with van der Waals surface area (Å²) < 4.78 is 38.9. The zero-order chi connectivity index (χ0) is 34.5. The standard InChI is InChI=1S/C32H45FN2O12/c1-29(2)46-25-13-19-18-12-21(33)20-11-17(36)7-8-30(20,3)27(18)23(37)15-31(19,4)32(25,47-29)24(38)16-44-26(39)14-22(34)28(40)43-9-5-6-10-45-35(41)42/h7-8,11,18-19,21-23,25,27,37,41-42H,5-6,9-10,12-16,34H2,1-4H3/t18-,19?,21?,22?,23-,25+,27?,30-,31-,32+/m0/s1. The zero-order valence-electron chi connectivity index (χ0n) is 27.1.